The van der Waals surface area contributed by atoms with Gasteiger partial charge in [0.15, 0.2) is 11.5 Å². The number of halogens is 1. The maximum absolute atomic E-state index is 13.6. The van der Waals surface area contributed by atoms with Crippen LogP contribution in [0.3, 0.4) is 0 Å². The van der Waals surface area contributed by atoms with Crippen molar-refractivity contribution in [3.05, 3.63) is 47.7 Å². The highest BCUT2D eigenvalue weighted by molar-refractivity contribution is 5.93. The molecule has 3 fully saturated rings. The van der Waals surface area contributed by atoms with Crippen molar-refractivity contribution >= 4 is 23.5 Å². The van der Waals surface area contributed by atoms with Crippen LogP contribution in [0.1, 0.15) is 43.5 Å². The monoisotopic (exact) mass is 504 g/mol. The van der Waals surface area contributed by atoms with E-state index in [9.17, 15) is 19.2 Å². The molecule has 37 heavy (non-hydrogen) atoms. The molecule has 3 heterocycles. The first-order valence-corrected chi connectivity index (χ1v) is 11.9. The Bertz CT molecular complexity index is 1410. The van der Waals surface area contributed by atoms with Gasteiger partial charge in [0.1, 0.15) is 11.9 Å². The average molecular weight is 505 g/mol. The van der Waals surface area contributed by atoms with Gasteiger partial charge in [-0.2, -0.15) is 5.26 Å². The smallest absolute Gasteiger partial charge is 0.413 e. The Kier molecular flexibility index (Phi) is 6.07. The third-order valence-corrected chi connectivity index (χ3v) is 7.19. The zero-order valence-electron chi connectivity index (χ0n) is 20.5. The normalized spacial score (nSPS) is 22.5. The summed E-state index contributed by atoms with van der Waals surface area (Å²) in [5, 5.41) is 22.9. The van der Waals surface area contributed by atoms with Crippen molar-refractivity contribution in [1.82, 2.24) is 25.0 Å². The summed E-state index contributed by atoms with van der Waals surface area (Å²) in [6.07, 6.45) is 3.26. The predicted molar refractivity (Wildman–Crippen MR) is 129 cm³/mol. The molecule has 3 aliphatic rings. The molecule has 3 aliphatic carbocycles. The molecule has 0 aromatic carbocycles. The van der Waals surface area contributed by atoms with Crippen LogP contribution in [0.4, 0.5) is 20.7 Å². The second-order valence-electron chi connectivity index (χ2n) is 9.70. The molecule has 6 rings (SSSR count). The molecule has 12 heteroatoms. The van der Waals surface area contributed by atoms with E-state index in [4.69, 9.17) is 4.74 Å². The van der Waals surface area contributed by atoms with E-state index in [1.54, 1.807) is 33.0 Å². The van der Waals surface area contributed by atoms with E-state index < -0.39 is 18.0 Å². The minimum Gasteiger partial charge on any atom is -0.441 e. The van der Waals surface area contributed by atoms with Gasteiger partial charge in [-0.3, -0.25) is 20.1 Å². The molecule has 1 unspecified atom stereocenters. The average Bonchev–Trinajstić information content (AvgIpc) is 3.53. The summed E-state index contributed by atoms with van der Waals surface area (Å²) in [6.45, 7) is 3.32. The molecule has 0 spiro atoms. The topological polar surface area (TPSA) is 148 Å². The zero-order chi connectivity index (χ0) is 26.3. The summed E-state index contributed by atoms with van der Waals surface area (Å²) in [5.74, 6) is -0.259. The van der Waals surface area contributed by atoms with Crippen molar-refractivity contribution in [1.29, 1.82) is 5.26 Å². The number of rotatable bonds is 6. The summed E-state index contributed by atoms with van der Waals surface area (Å²) >= 11 is 0. The minimum atomic E-state index is -0.781. The highest BCUT2D eigenvalue weighted by Crippen LogP contribution is 2.61. The van der Waals surface area contributed by atoms with Gasteiger partial charge in [0.2, 0.25) is 5.91 Å². The Labute approximate surface area is 212 Å². The van der Waals surface area contributed by atoms with Crippen LogP contribution in [0.2, 0.25) is 0 Å². The Morgan fingerprint density at radius 1 is 1.24 bits per heavy atom. The molecule has 3 aromatic heterocycles. The van der Waals surface area contributed by atoms with E-state index in [0.29, 0.717) is 34.8 Å². The molecular formula is C25H25FN8O3. The molecule has 0 radical (unpaired) electrons. The van der Waals surface area contributed by atoms with Gasteiger partial charge in [0.25, 0.3) is 0 Å². The number of nitrogens with one attached hydrogen (secondary N) is 2. The standard InChI is InChI=1S/C25H25FN8O3/c1-13-18(6-16(26)10-28-13)14(2)37-24(36)31-22-21(32-33-34(22)3)20-5-4-17(11-29-20)30-23(35)19-9-25(12-27)7-15(19)8-25/h4-6,10-11,14-15,19H,7-9H2,1-3H3,(H,30,35)(H,31,36)/t14-,15?,19?,25?/m1/s1. The minimum absolute atomic E-state index is 0.100. The van der Waals surface area contributed by atoms with Crippen molar-refractivity contribution in [3.8, 4) is 17.5 Å². The molecular weight excluding hydrogens is 479 g/mol. The second kappa shape index (κ2) is 9.24. The molecule has 3 aromatic rings. The second-order valence-corrected chi connectivity index (χ2v) is 9.70. The van der Waals surface area contributed by atoms with Crippen LogP contribution in [0, 0.1) is 41.3 Å². The van der Waals surface area contributed by atoms with Crippen molar-refractivity contribution in [2.45, 2.75) is 39.2 Å². The van der Waals surface area contributed by atoms with Crippen LogP contribution >= 0.6 is 0 Å². The van der Waals surface area contributed by atoms with Crippen LogP contribution in [-0.2, 0) is 16.6 Å². The number of nitriles is 1. The molecule has 2 bridgehead atoms. The number of hydrogen-bond donors (Lipinski definition) is 2. The number of aromatic nitrogens is 5. The number of carbonyl (C=O) groups excluding carboxylic acids is 2. The molecule has 3 saturated carbocycles. The van der Waals surface area contributed by atoms with Gasteiger partial charge in [0, 0.05) is 24.2 Å². The van der Waals surface area contributed by atoms with Gasteiger partial charge in [-0.25, -0.2) is 13.9 Å². The molecule has 0 saturated heterocycles. The number of aryl methyl sites for hydroxylation is 2. The SMILES string of the molecule is Cc1ncc(F)cc1[C@@H](C)OC(=O)Nc1c(-c2ccc(NC(=O)C3CC4(C#N)CC3C4)cn2)nnn1C. The Balaban J connectivity index is 1.24. The first-order valence-electron chi connectivity index (χ1n) is 11.9. The van der Waals surface area contributed by atoms with Gasteiger partial charge in [-0.15, -0.1) is 5.10 Å². The highest BCUT2D eigenvalue weighted by atomic mass is 19.1. The van der Waals surface area contributed by atoms with E-state index in [-0.39, 0.29) is 29.0 Å². The van der Waals surface area contributed by atoms with Crippen LogP contribution in [0.25, 0.3) is 11.4 Å². The Morgan fingerprint density at radius 3 is 2.70 bits per heavy atom. The van der Waals surface area contributed by atoms with E-state index in [2.05, 4.69) is 37.0 Å². The van der Waals surface area contributed by atoms with Crippen molar-refractivity contribution in [3.63, 3.8) is 0 Å². The fraction of sp³-hybridized carbons (Fsp3) is 0.400. The molecule has 0 aliphatic heterocycles. The lowest BCUT2D eigenvalue weighted by Crippen LogP contribution is -2.28. The van der Waals surface area contributed by atoms with Crippen LogP contribution in [0.5, 0.6) is 0 Å². The zero-order valence-corrected chi connectivity index (χ0v) is 20.5. The van der Waals surface area contributed by atoms with Gasteiger partial charge < -0.3 is 10.1 Å². The maximum Gasteiger partial charge on any atom is 0.413 e. The summed E-state index contributed by atoms with van der Waals surface area (Å²) in [4.78, 5) is 33.6. The number of hydrogen-bond acceptors (Lipinski definition) is 8. The summed E-state index contributed by atoms with van der Waals surface area (Å²) in [6, 6.07) is 6.99. The third kappa shape index (κ3) is 4.60. The fourth-order valence-electron chi connectivity index (χ4n) is 5.22. The number of carbonyl (C=O) groups is 2. The Hall–Kier alpha value is -4.40. The molecule has 2 amide bonds. The summed E-state index contributed by atoms with van der Waals surface area (Å²) < 4.78 is 20.4. The first kappa shape index (κ1) is 24.3. The van der Waals surface area contributed by atoms with Crippen LogP contribution in [-0.4, -0.2) is 37.0 Å². The van der Waals surface area contributed by atoms with Gasteiger partial charge in [-0.05, 0) is 57.2 Å². The Morgan fingerprint density at radius 2 is 2.03 bits per heavy atom. The predicted octanol–water partition coefficient (Wildman–Crippen LogP) is 3.91. The van der Waals surface area contributed by atoms with Crippen molar-refractivity contribution in [2.75, 3.05) is 10.6 Å². The van der Waals surface area contributed by atoms with Crippen molar-refractivity contribution in [2.24, 2.45) is 24.3 Å². The number of pyridine rings is 2. The first-order chi connectivity index (χ1) is 17.7. The van der Waals surface area contributed by atoms with Gasteiger partial charge in [-0.1, -0.05) is 5.21 Å². The lowest BCUT2D eigenvalue weighted by Gasteiger charge is -2.31. The quantitative estimate of drug-likeness (QED) is 0.513. The van der Waals surface area contributed by atoms with E-state index in [0.717, 1.165) is 19.0 Å². The van der Waals surface area contributed by atoms with Gasteiger partial charge in [0.05, 0.1) is 35.3 Å². The third-order valence-electron chi connectivity index (χ3n) is 7.19. The number of fused-ring (bicyclic) bond motifs is 1. The van der Waals surface area contributed by atoms with Crippen molar-refractivity contribution < 1.29 is 18.7 Å². The maximum atomic E-state index is 13.6. The van der Waals surface area contributed by atoms with Gasteiger partial charge >= 0.3 is 6.09 Å². The summed E-state index contributed by atoms with van der Waals surface area (Å²) in [5.41, 5.74) is 1.93. The lowest BCUT2D eigenvalue weighted by atomic mass is 9.70. The van der Waals surface area contributed by atoms with E-state index >= 15 is 0 Å². The molecule has 190 valence electrons. The molecule has 2 atom stereocenters. The van der Waals surface area contributed by atoms with E-state index in [1.165, 1.54) is 16.9 Å². The lowest BCUT2D eigenvalue weighted by molar-refractivity contribution is -0.120. The summed E-state index contributed by atoms with van der Waals surface area (Å²) in [7, 11) is 1.60. The van der Waals surface area contributed by atoms with Crippen LogP contribution in [0.15, 0.2) is 30.6 Å². The fourth-order valence-corrected chi connectivity index (χ4v) is 5.22. The highest BCUT2D eigenvalue weighted by Gasteiger charge is 2.58. The van der Waals surface area contributed by atoms with E-state index in [1.807, 2.05) is 0 Å². The number of anilines is 2. The number of amides is 2. The largest absolute Gasteiger partial charge is 0.441 e. The molecule has 2 N–H and O–H groups in total. The number of ether oxygens (including phenoxy) is 1. The van der Waals surface area contributed by atoms with Crippen LogP contribution < -0.4 is 10.6 Å². The molecule has 11 nitrogen and oxygen atoms in total. The number of nitrogens with zero attached hydrogens (tertiary/aromatic N) is 6.